The minimum Gasteiger partial charge on any atom is -0.492 e. The fourth-order valence-electron chi connectivity index (χ4n) is 3.51. The molecule has 2 rings (SSSR count). The topological polar surface area (TPSA) is 34.1 Å². The second-order valence-electron chi connectivity index (χ2n) is 6.51. The first-order chi connectivity index (χ1) is 10.2. The maximum Gasteiger partial charge on any atom is 0.137 e. The van der Waals surface area contributed by atoms with Crippen molar-refractivity contribution in [3.8, 4) is 5.75 Å². The first-order valence-corrected chi connectivity index (χ1v) is 8.50. The van der Waals surface area contributed by atoms with Crippen molar-refractivity contribution in [2.45, 2.75) is 65.3 Å². The minimum absolute atomic E-state index is 0.333. The Hall–Kier alpha value is -1.09. The molecule has 1 aliphatic carbocycles. The number of pyridine rings is 1. The van der Waals surface area contributed by atoms with E-state index in [0.717, 1.165) is 25.3 Å². The molecular weight excluding hydrogens is 260 g/mol. The molecular formula is C18H30N2O. The monoisotopic (exact) mass is 290 g/mol. The second-order valence-corrected chi connectivity index (χ2v) is 6.51. The summed E-state index contributed by atoms with van der Waals surface area (Å²) in [5, 5.41) is 3.70. The third kappa shape index (κ3) is 4.19. The highest BCUT2D eigenvalue weighted by Gasteiger charge is 2.36. The molecule has 1 fully saturated rings. The Bertz CT molecular complexity index is 427. The molecule has 3 nitrogen and oxygen atoms in total. The van der Waals surface area contributed by atoms with E-state index in [1.54, 1.807) is 0 Å². The van der Waals surface area contributed by atoms with Crippen LogP contribution in [0.4, 0.5) is 0 Å². The molecule has 1 aliphatic rings. The molecule has 3 heteroatoms. The van der Waals surface area contributed by atoms with Crippen LogP contribution >= 0.6 is 0 Å². The molecule has 0 saturated heterocycles. The Labute approximate surface area is 129 Å². The van der Waals surface area contributed by atoms with Gasteiger partial charge in [-0.3, -0.25) is 4.98 Å². The average Bonchev–Trinajstić information content (AvgIpc) is 2.51. The predicted octanol–water partition coefficient (Wildman–Crippen LogP) is 4.49. The SMILES string of the molecule is CCCOc1cncc(C(NCC)C2(C)CCCCC2)c1. The first-order valence-electron chi connectivity index (χ1n) is 8.50. The number of nitrogens with zero attached hydrogens (tertiary/aromatic N) is 1. The Morgan fingerprint density at radius 3 is 2.67 bits per heavy atom. The van der Waals surface area contributed by atoms with E-state index in [-0.39, 0.29) is 0 Å². The van der Waals surface area contributed by atoms with Gasteiger partial charge in [-0.25, -0.2) is 0 Å². The highest BCUT2D eigenvalue weighted by atomic mass is 16.5. The summed E-state index contributed by atoms with van der Waals surface area (Å²) in [7, 11) is 0. The summed E-state index contributed by atoms with van der Waals surface area (Å²) in [6.45, 7) is 8.49. The number of hydrogen-bond acceptors (Lipinski definition) is 3. The van der Waals surface area contributed by atoms with Crippen LogP contribution in [0.2, 0.25) is 0 Å². The van der Waals surface area contributed by atoms with Crippen molar-refractivity contribution >= 4 is 0 Å². The summed E-state index contributed by atoms with van der Waals surface area (Å²) >= 11 is 0. The van der Waals surface area contributed by atoms with Crippen molar-refractivity contribution in [2.24, 2.45) is 5.41 Å². The standard InChI is InChI=1S/C18H30N2O/c1-4-11-21-16-12-15(13-19-14-16)17(20-5-2)18(3)9-7-6-8-10-18/h12-14,17,20H,4-11H2,1-3H3. The van der Waals surface area contributed by atoms with Crippen LogP contribution in [0.15, 0.2) is 18.5 Å². The first kappa shape index (κ1) is 16.3. The molecule has 1 unspecified atom stereocenters. The molecule has 1 aromatic heterocycles. The largest absolute Gasteiger partial charge is 0.492 e. The van der Waals surface area contributed by atoms with Gasteiger partial charge in [0, 0.05) is 12.2 Å². The van der Waals surface area contributed by atoms with Gasteiger partial charge >= 0.3 is 0 Å². The van der Waals surface area contributed by atoms with E-state index in [0.29, 0.717) is 11.5 Å². The zero-order valence-electron chi connectivity index (χ0n) is 13.8. The van der Waals surface area contributed by atoms with Gasteiger partial charge in [-0.15, -0.1) is 0 Å². The zero-order valence-corrected chi connectivity index (χ0v) is 13.8. The minimum atomic E-state index is 0.333. The summed E-state index contributed by atoms with van der Waals surface area (Å²) in [5.74, 6) is 0.900. The fourth-order valence-corrected chi connectivity index (χ4v) is 3.51. The van der Waals surface area contributed by atoms with Crippen LogP contribution in [0, 0.1) is 5.41 Å². The van der Waals surface area contributed by atoms with Crippen LogP contribution in [-0.2, 0) is 0 Å². The maximum absolute atomic E-state index is 5.75. The summed E-state index contributed by atoms with van der Waals surface area (Å²) in [6, 6.07) is 2.55. The quantitative estimate of drug-likeness (QED) is 0.803. The van der Waals surface area contributed by atoms with Crippen LogP contribution in [0.3, 0.4) is 0 Å². The predicted molar refractivity (Wildman–Crippen MR) is 87.6 cm³/mol. The van der Waals surface area contributed by atoms with E-state index < -0.39 is 0 Å². The number of hydrogen-bond donors (Lipinski definition) is 1. The van der Waals surface area contributed by atoms with Gasteiger partial charge in [0.15, 0.2) is 0 Å². The van der Waals surface area contributed by atoms with Gasteiger partial charge in [0.2, 0.25) is 0 Å². The van der Waals surface area contributed by atoms with Crippen LogP contribution in [0.5, 0.6) is 5.75 Å². The van der Waals surface area contributed by atoms with Crippen LogP contribution in [0.1, 0.15) is 70.9 Å². The van der Waals surface area contributed by atoms with Crippen molar-refractivity contribution in [3.63, 3.8) is 0 Å². The molecule has 0 aromatic carbocycles. The molecule has 21 heavy (non-hydrogen) atoms. The van der Waals surface area contributed by atoms with Gasteiger partial charge in [-0.1, -0.05) is 40.0 Å². The highest BCUT2D eigenvalue weighted by Crippen LogP contribution is 2.45. The van der Waals surface area contributed by atoms with Crippen molar-refractivity contribution in [1.82, 2.24) is 10.3 Å². The Kier molecular flexibility index (Phi) is 6.04. The van der Waals surface area contributed by atoms with E-state index in [4.69, 9.17) is 4.74 Å². The maximum atomic E-state index is 5.75. The zero-order chi connectivity index (χ0) is 15.1. The van der Waals surface area contributed by atoms with E-state index in [2.05, 4.69) is 37.1 Å². The van der Waals surface area contributed by atoms with E-state index >= 15 is 0 Å². The van der Waals surface area contributed by atoms with Crippen LogP contribution < -0.4 is 10.1 Å². The lowest BCUT2D eigenvalue weighted by Crippen LogP contribution is -2.37. The van der Waals surface area contributed by atoms with Gasteiger partial charge in [0.25, 0.3) is 0 Å². The Balaban J connectivity index is 2.20. The Morgan fingerprint density at radius 1 is 1.24 bits per heavy atom. The van der Waals surface area contributed by atoms with Crippen molar-refractivity contribution < 1.29 is 4.74 Å². The van der Waals surface area contributed by atoms with Gasteiger partial charge in [-0.05, 0) is 42.9 Å². The van der Waals surface area contributed by atoms with E-state index in [1.165, 1.54) is 37.7 Å². The summed E-state index contributed by atoms with van der Waals surface area (Å²) in [6.07, 6.45) is 11.5. The summed E-state index contributed by atoms with van der Waals surface area (Å²) in [5.41, 5.74) is 1.61. The molecule has 0 bridgehead atoms. The summed E-state index contributed by atoms with van der Waals surface area (Å²) in [4.78, 5) is 4.40. The lowest BCUT2D eigenvalue weighted by atomic mass is 9.69. The molecule has 1 saturated carbocycles. The van der Waals surface area contributed by atoms with Crippen molar-refractivity contribution in [2.75, 3.05) is 13.2 Å². The van der Waals surface area contributed by atoms with E-state index in [9.17, 15) is 0 Å². The number of ether oxygens (including phenoxy) is 1. The van der Waals surface area contributed by atoms with Crippen LogP contribution in [0.25, 0.3) is 0 Å². The van der Waals surface area contributed by atoms with Gasteiger partial charge in [0.05, 0.1) is 12.8 Å². The molecule has 0 amide bonds. The number of aromatic nitrogens is 1. The van der Waals surface area contributed by atoms with E-state index in [1.807, 2.05) is 12.4 Å². The lowest BCUT2D eigenvalue weighted by Gasteiger charge is -2.41. The molecule has 1 aromatic rings. The van der Waals surface area contributed by atoms with Crippen molar-refractivity contribution in [1.29, 1.82) is 0 Å². The fraction of sp³-hybridized carbons (Fsp3) is 0.722. The third-order valence-corrected chi connectivity index (χ3v) is 4.64. The molecule has 0 aliphatic heterocycles. The third-order valence-electron chi connectivity index (χ3n) is 4.64. The molecule has 1 N–H and O–H groups in total. The van der Waals surface area contributed by atoms with Gasteiger partial charge in [-0.2, -0.15) is 0 Å². The highest BCUT2D eigenvalue weighted by molar-refractivity contribution is 5.27. The van der Waals surface area contributed by atoms with Gasteiger partial charge in [0.1, 0.15) is 5.75 Å². The number of rotatable bonds is 7. The normalized spacial score (nSPS) is 19.2. The molecule has 0 spiro atoms. The molecule has 118 valence electrons. The Morgan fingerprint density at radius 2 is 2.00 bits per heavy atom. The molecule has 0 radical (unpaired) electrons. The van der Waals surface area contributed by atoms with Crippen LogP contribution in [-0.4, -0.2) is 18.1 Å². The van der Waals surface area contributed by atoms with Gasteiger partial charge < -0.3 is 10.1 Å². The lowest BCUT2D eigenvalue weighted by molar-refractivity contribution is 0.145. The van der Waals surface area contributed by atoms with Crippen molar-refractivity contribution in [3.05, 3.63) is 24.0 Å². The second kappa shape index (κ2) is 7.79. The smallest absolute Gasteiger partial charge is 0.137 e. The number of nitrogens with one attached hydrogen (secondary N) is 1. The molecule has 1 atom stereocenters. The molecule has 1 heterocycles. The summed E-state index contributed by atoms with van der Waals surface area (Å²) < 4.78 is 5.75. The average molecular weight is 290 g/mol.